The van der Waals surface area contributed by atoms with Crippen LogP contribution in [0.3, 0.4) is 0 Å². The lowest BCUT2D eigenvalue weighted by atomic mass is 9.73. The third kappa shape index (κ3) is 4.26. The molecule has 45 heavy (non-hydrogen) atoms. The number of hydrogen-bond donors (Lipinski definition) is 0. The van der Waals surface area contributed by atoms with Crippen molar-refractivity contribution in [1.82, 2.24) is 0 Å². The summed E-state index contributed by atoms with van der Waals surface area (Å²) in [4.78, 5) is 4.14. The van der Waals surface area contributed by atoms with Crippen LogP contribution in [0.15, 0.2) is 109 Å². The van der Waals surface area contributed by atoms with E-state index in [-0.39, 0.29) is 11.5 Å². The van der Waals surface area contributed by atoms with Gasteiger partial charge in [-0.3, -0.25) is 0 Å². The van der Waals surface area contributed by atoms with Crippen molar-refractivity contribution in [3.05, 3.63) is 141 Å². The van der Waals surface area contributed by atoms with Crippen LogP contribution in [0.25, 0.3) is 39.1 Å². The Hall–Kier alpha value is -4.14. The first kappa shape index (κ1) is 27.2. The molecule has 0 radical (unpaired) electrons. The summed E-state index contributed by atoms with van der Waals surface area (Å²) >= 11 is 2.08. The number of thiophene rings is 1. The molecule has 2 heteroatoms. The van der Waals surface area contributed by atoms with E-state index >= 15 is 0 Å². The van der Waals surface area contributed by atoms with Crippen LogP contribution in [0.5, 0.6) is 0 Å². The average Bonchev–Trinajstić information content (AvgIpc) is 3.58. The van der Waals surface area contributed by atoms with Crippen molar-refractivity contribution in [2.75, 3.05) is 4.90 Å². The predicted molar refractivity (Wildman–Crippen MR) is 193 cm³/mol. The van der Waals surface area contributed by atoms with Crippen molar-refractivity contribution in [3.63, 3.8) is 0 Å². The minimum absolute atomic E-state index is 0.182. The molecule has 9 rings (SSSR count). The SMILES string of the molecule is CC1(C)c2ccc3c4c(sc3c2[C@H]2CCC=CC21)C(N(c1ccc(-c2ccccc2)cc1)C1C=c2ccccc2=CC1)=CCC4. The predicted octanol–water partition coefficient (Wildman–Crippen LogP) is 9.74. The molecule has 0 saturated carbocycles. The van der Waals surface area contributed by atoms with E-state index in [1.165, 1.54) is 56.1 Å². The number of rotatable bonds is 4. The van der Waals surface area contributed by atoms with Crippen LogP contribution in [0.2, 0.25) is 0 Å². The maximum atomic E-state index is 2.66. The molecular weight excluding hydrogens is 563 g/mol. The van der Waals surface area contributed by atoms with Crippen LogP contribution >= 0.6 is 11.3 Å². The Labute approximate surface area is 270 Å². The van der Waals surface area contributed by atoms with Crippen LogP contribution in [0.1, 0.15) is 67.0 Å². The second-order valence-electron chi connectivity index (χ2n) is 13.9. The molecule has 0 aliphatic heterocycles. The lowest BCUT2D eigenvalue weighted by Gasteiger charge is -2.36. The molecule has 222 valence electrons. The van der Waals surface area contributed by atoms with Gasteiger partial charge in [0.2, 0.25) is 0 Å². The van der Waals surface area contributed by atoms with E-state index in [2.05, 4.69) is 151 Å². The summed E-state index contributed by atoms with van der Waals surface area (Å²) < 4.78 is 1.56. The van der Waals surface area contributed by atoms with Gasteiger partial charge in [-0.2, -0.15) is 0 Å². The zero-order valence-electron chi connectivity index (χ0n) is 26.2. The Morgan fingerprint density at radius 3 is 2.40 bits per heavy atom. The molecule has 4 aliphatic carbocycles. The lowest BCUT2D eigenvalue weighted by molar-refractivity contribution is 0.348. The Bertz CT molecular complexity index is 2130. The van der Waals surface area contributed by atoms with Gasteiger partial charge in [0.1, 0.15) is 0 Å². The fourth-order valence-electron chi connectivity index (χ4n) is 8.86. The van der Waals surface area contributed by atoms with E-state index in [9.17, 15) is 0 Å². The van der Waals surface area contributed by atoms with E-state index in [0.29, 0.717) is 11.8 Å². The highest BCUT2D eigenvalue weighted by Gasteiger charge is 2.46. The van der Waals surface area contributed by atoms with E-state index in [4.69, 9.17) is 0 Å². The maximum Gasteiger partial charge on any atom is 0.0566 e. The number of hydrogen-bond acceptors (Lipinski definition) is 2. The van der Waals surface area contributed by atoms with Gasteiger partial charge < -0.3 is 4.90 Å². The minimum Gasteiger partial charge on any atom is -0.333 e. The third-order valence-corrected chi connectivity index (χ3v) is 12.4. The Kier molecular flexibility index (Phi) is 6.32. The van der Waals surface area contributed by atoms with Gasteiger partial charge in [-0.1, -0.05) is 123 Å². The molecule has 4 aromatic carbocycles. The van der Waals surface area contributed by atoms with E-state index in [0.717, 1.165) is 19.3 Å². The van der Waals surface area contributed by atoms with Crippen LogP contribution in [0, 0.1) is 5.92 Å². The molecule has 3 atom stereocenters. The summed E-state index contributed by atoms with van der Waals surface area (Å²) in [7, 11) is 0. The van der Waals surface area contributed by atoms with Crippen molar-refractivity contribution in [2.24, 2.45) is 5.92 Å². The minimum atomic E-state index is 0.182. The van der Waals surface area contributed by atoms with Crippen LogP contribution < -0.4 is 15.3 Å². The first-order chi connectivity index (χ1) is 22.1. The topological polar surface area (TPSA) is 3.24 Å². The van der Waals surface area contributed by atoms with Gasteiger partial charge in [0.25, 0.3) is 0 Å². The van der Waals surface area contributed by atoms with E-state index in [1.807, 2.05) is 0 Å². The molecule has 0 saturated heterocycles. The highest BCUT2D eigenvalue weighted by molar-refractivity contribution is 7.20. The van der Waals surface area contributed by atoms with Gasteiger partial charge in [-0.05, 0) is 105 Å². The second kappa shape index (κ2) is 10.5. The highest BCUT2D eigenvalue weighted by Crippen LogP contribution is 2.58. The van der Waals surface area contributed by atoms with Gasteiger partial charge in [-0.25, -0.2) is 0 Å². The normalized spacial score (nSPS) is 22.4. The lowest BCUT2D eigenvalue weighted by Crippen LogP contribution is -2.39. The largest absolute Gasteiger partial charge is 0.333 e. The summed E-state index contributed by atoms with van der Waals surface area (Å²) in [5.74, 6) is 1.24. The van der Waals surface area contributed by atoms with Crippen molar-refractivity contribution < 1.29 is 0 Å². The molecule has 1 nitrogen and oxygen atoms in total. The standard InChI is InChI=1S/C43H39NS/c1-43(2)37-17-9-8-15-36(37)40-38(43)26-25-35-34-16-10-18-39(41(34)45-42(35)40)44(33-24-21-29-13-6-7-14-31(29)27-33)32-22-19-30(20-23-32)28-11-4-3-5-12-28/h3-7,9,11-14,17-23,25-27,33,36-37H,8,10,15-16,24H2,1-2H3/t33?,36-,37?/m0/s1. The van der Waals surface area contributed by atoms with Gasteiger partial charge >= 0.3 is 0 Å². The van der Waals surface area contributed by atoms with Crippen LogP contribution in [-0.2, 0) is 11.8 Å². The fraction of sp³-hybridized carbons (Fsp3) is 0.256. The summed E-state index contributed by atoms with van der Waals surface area (Å²) in [5, 5.41) is 4.20. The Morgan fingerprint density at radius 1 is 0.778 bits per heavy atom. The summed E-state index contributed by atoms with van der Waals surface area (Å²) in [6, 6.07) is 34.1. The molecule has 0 fully saturated rings. The van der Waals surface area contributed by atoms with E-state index < -0.39 is 0 Å². The zero-order valence-corrected chi connectivity index (χ0v) is 27.0. The molecule has 5 aromatic rings. The Morgan fingerprint density at radius 2 is 1.56 bits per heavy atom. The highest BCUT2D eigenvalue weighted by atomic mass is 32.1. The van der Waals surface area contributed by atoms with Crippen molar-refractivity contribution in [2.45, 2.75) is 63.3 Å². The molecule has 0 amide bonds. The molecule has 0 spiro atoms. The summed E-state index contributed by atoms with van der Waals surface area (Å²) in [6.07, 6.45) is 18.1. The fourth-order valence-corrected chi connectivity index (χ4v) is 10.4. The molecule has 1 aromatic heterocycles. The van der Waals surface area contributed by atoms with Gasteiger partial charge in [0.15, 0.2) is 0 Å². The smallest absolute Gasteiger partial charge is 0.0566 e. The van der Waals surface area contributed by atoms with Gasteiger partial charge in [0.05, 0.1) is 16.6 Å². The molecular formula is C43H39NS. The number of allylic oxidation sites excluding steroid dienone is 3. The van der Waals surface area contributed by atoms with Crippen molar-refractivity contribution in [3.8, 4) is 11.1 Å². The molecule has 0 bridgehead atoms. The zero-order chi connectivity index (χ0) is 30.1. The van der Waals surface area contributed by atoms with Gasteiger partial charge in [-0.15, -0.1) is 11.3 Å². The summed E-state index contributed by atoms with van der Waals surface area (Å²) in [5.41, 5.74) is 10.2. The number of anilines is 1. The van der Waals surface area contributed by atoms with E-state index in [1.54, 1.807) is 21.4 Å². The Balaban J connectivity index is 1.20. The number of benzene rings is 4. The van der Waals surface area contributed by atoms with Gasteiger partial charge in [0, 0.05) is 10.4 Å². The van der Waals surface area contributed by atoms with Crippen LogP contribution in [0.4, 0.5) is 5.69 Å². The number of nitrogens with zero attached hydrogens (tertiary/aromatic N) is 1. The molecule has 1 heterocycles. The van der Waals surface area contributed by atoms with Crippen molar-refractivity contribution >= 4 is 45.0 Å². The first-order valence-corrected chi connectivity index (χ1v) is 17.6. The quantitative estimate of drug-likeness (QED) is 0.185. The average molecular weight is 602 g/mol. The molecule has 2 unspecified atom stereocenters. The van der Waals surface area contributed by atoms with Crippen LogP contribution in [-0.4, -0.2) is 6.04 Å². The van der Waals surface area contributed by atoms with Crippen molar-refractivity contribution in [1.29, 1.82) is 0 Å². The first-order valence-electron chi connectivity index (χ1n) is 16.8. The third-order valence-electron chi connectivity index (χ3n) is 11.1. The maximum absolute atomic E-state index is 2.66. The summed E-state index contributed by atoms with van der Waals surface area (Å²) in [6.45, 7) is 4.95. The molecule has 4 aliphatic rings. The monoisotopic (exact) mass is 601 g/mol. The number of aryl methyl sites for hydroxylation is 1. The second-order valence-corrected chi connectivity index (χ2v) is 14.9. The molecule has 0 N–H and O–H groups in total. The number of fused-ring (bicyclic) bond motifs is 8.